The van der Waals surface area contributed by atoms with Crippen molar-refractivity contribution >= 4 is 22.6 Å². The Kier molecular flexibility index (Phi) is 5.35. The van der Waals surface area contributed by atoms with E-state index in [0.29, 0.717) is 12.2 Å². The molecule has 6 nitrogen and oxygen atoms in total. The van der Waals surface area contributed by atoms with Gasteiger partial charge in [-0.15, -0.1) is 0 Å². The van der Waals surface area contributed by atoms with E-state index in [0.717, 1.165) is 54.0 Å². The van der Waals surface area contributed by atoms with E-state index in [4.69, 9.17) is 10.7 Å². The van der Waals surface area contributed by atoms with Crippen molar-refractivity contribution in [3.05, 3.63) is 77.9 Å². The number of carbonyl (C=O) groups is 1. The maximum Gasteiger partial charge on any atom is 0.222 e. The number of amides is 1. The zero-order valence-electron chi connectivity index (χ0n) is 18.2. The van der Waals surface area contributed by atoms with Crippen LogP contribution >= 0.6 is 0 Å². The Hall–Kier alpha value is -3.67. The van der Waals surface area contributed by atoms with Crippen molar-refractivity contribution in [2.75, 3.05) is 18.8 Å². The van der Waals surface area contributed by atoms with Crippen LogP contribution in [0.15, 0.2) is 60.9 Å². The van der Waals surface area contributed by atoms with Crippen LogP contribution in [0.3, 0.4) is 0 Å². The number of hydrogen-bond acceptors (Lipinski definition) is 4. The molecule has 0 spiro atoms. The second-order valence-corrected chi connectivity index (χ2v) is 8.58. The quantitative estimate of drug-likeness (QED) is 0.494. The number of fused-ring (bicyclic) bond motifs is 1. The number of nitrogens with zero attached hydrogens (tertiary/aromatic N) is 3. The predicted molar refractivity (Wildman–Crippen MR) is 127 cm³/mol. The molecule has 4 aromatic rings. The van der Waals surface area contributed by atoms with Gasteiger partial charge in [-0.05, 0) is 61.2 Å². The molecule has 5 rings (SSSR count). The van der Waals surface area contributed by atoms with E-state index in [9.17, 15) is 4.79 Å². The SMILES string of the molecule is Cc1cc(-c2ccc(N)nc2)cc([C@@H]2CCN(C(=O)CCc3c[nH]c4ccccc34)C2)n1. The van der Waals surface area contributed by atoms with Gasteiger partial charge in [0.05, 0.1) is 0 Å². The molecule has 1 amide bonds. The van der Waals surface area contributed by atoms with Gasteiger partial charge in [0.15, 0.2) is 0 Å². The van der Waals surface area contributed by atoms with Crippen molar-refractivity contribution in [2.24, 2.45) is 0 Å². The number of nitrogens with one attached hydrogen (secondary N) is 1. The molecule has 1 aliphatic heterocycles. The molecule has 0 radical (unpaired) electrons. The summed E-state index contributed by atoms with van der Waals surface area (Å²) < 4.78 is 0. The van der Waals surface area contributed by atoms with Crippen LogP contribution in [0.4, 0.5) is 5.82 Å². The molecule has 6 heteroatoms. The molecular weight excluding hydrogens is 398 g/mol. The fraction of sp³-hybridized carbons (Fsp3) is 0.269. The van der Waals surface area contributed by atoms with E-state index in [1.807, 2.05) is 42.3 Å². The minimum Gasteiger partial charge on any atom is -0.384 e. The van der Waals surface area contributed by atoms with Crippen LogP contribution in [-0.2, 0) is 11.2 Å². The van der Waals surface area contributed by atoms with Gasteiger partial charge in [0.1, 0.15) is 5.82 Å². The summed E-state index contributed by atoms with van der Waals surface area (Å²) in [5.41, 5.74) is 12.2. The number of nitrogen functional groups attached to an aromatic ring is 1. The van der Waals surface area contributed by atoms with Crippen LogP contribution in [0.25, 0.3) is 22.0 Å². The fourth-order valence-corrected chi connectivity index (χ4v) is 4.61. The number of para-hydroxylation sites is 1. The molecule has 3 aromatic heterocycles. The molecule has 4 heterocycles. The van der Waals surface area contributed by atoms with Gasteiger partial charge >= 0.3 is 0 Å². The molecule has 0 bridgehead atoms. The third kappa shape index (κ3) is 4.08. The highest BCUT2D eigenvalue weighted by Gasteiger charge is 2.28. The van der Waals surface area contributed by atoms with Gasteiger partial charge in [0.2, 0.25) is 5.91 Å². The molecule has 162 valence electrons. The second-order valence-electron chi connectivity index (χ2n) is 8.58. The number of carbonyl (C=O) groups excluding carboxylic acids is 1. The van der Waals surface area contributed by atoms with Crippen LogP contribution in [-0.4, -0.2) is 38.8 Å². The van der Waals surface area contributed by atoms with Crippen LogP contribution in [0.2, 0.25) is 0 Å². The van der Waals surface area contributed by atoms with E-state index in [1.165, 1.54) is 10.9 Å². The molecule has 0 aliphatic carbocycles. The van der Waals surface area contributed by atoms with E-state index < -0.39 is 0 Å². The number of aromatic amines is 1. The fourth-order valence-electron chi connectivity index (χ4n) is 4.61. The Bertz CT molecular complexity index is 1260. The number of hydrogen-bond donors (Lipinski definition) is 2. The lowest BCUT2D eigenvalue weighted by molar-refractivity contribution is -0.130. The highest BCUT2D eigenvalue weighted by molar-refractivity contribution is 5.84. The first-order valence-electron chi connectivity index (χ1n) is 11.1. The summed E-state index contributed by atoms with van der Waals surface area (Å²) in [6.07, 6.45) is 6.03. The molecule has 3 N–H and O–H groups in total. The average molecular weight is 426 g/mol. The maximum atomic E-state index is 12.9. The van der Waals surface area contributed by atoms with Gasteiger partial charge in [0, 0.05) is 65.7 Å². The molecule has 1 saturated heterocycles. The highest BCUT2D eigenvalue weighted by Crippen LogP contribution is 2.30. The van der Waals surface area contributed by atoms with Gasteiger partial charge in [-0.3, -0.25) is 9.78 Å². The van der Waals surface area contributed by atoms with Gasteiger partial charge in [0.25, 0.3) is 0 Å². The number of rotatable bonds is 5. The smallest absolute Gasteiger partial charge is 0.222 e. The van der Waals surface area contributed by atoms with Crippen LogP contribution in [0.1, 0.15) is 35.7 Å². The largest absolute Gasteiger partial charge is 0.384 e. The summed E-state index contributed by atoms with van der Waals surface area (Å²) in [4.78, 5) is 27.2. The lowest BCUT2D eigenvalue weighted by Crippen LogP contribution is -2.28. The number of benzene rings is 1. The monoisotopic (exact) mass is 425 g/mol. The number of pyridine rings is 2. The molecule has 1 atom stereocenters. The van der Waals surface area contributed by atoms with Crippen molar-refractivity contribution in [3.63, 3.8) is 0 Å². The minimum atomic E-state index is 0.216. The van der Waals surface area contributed by atoms with E-state index in [-0.39, 0.29) is 11.8 Å². The first-order chi connectivity index (χ1) is 15.6. The molecule has 1 aliphatic rings. The van der Waals surface area contributed by atoms with Crippen LogP contribution in [0, 0.1) is 6.92 Å². The third-order valence-electron chi connectivity index (χ3n) is 6.34. The second kappa shape index (κ2) is 8.46. The number of aryl methyl sites for hydroxylation is 2. The first kappa shape index (κ1) is 20.2. The van der Waals surface area contributed by atoms with E-state index in [2.05, 4.69) is 34.2 Å². The Labute approximate surface area is 187 Å². The van der Waals surface area contributed by atoms with Crippen molar-refractivity contribution < 1.29 is 4.79 Å². The minimum absolute atomic E-state index is 0.216. The van der Waals surface area contributed by atoms with E-state index in [1.54, 1.807) is 6.20 Å². The summed E-state index contributed by atoms with van der Waals surface area (Å²) in [7, 11) is 0. The van der Waals surface area contributed by atoms with Gasteiger partial charge in [-0.25, -0.2) is 4.98 Å². The standard InChI is InChI=1S/C26H27N5O/c1-17-12-21(18-6-8-25(27)29-14-18)13-24(30-17)20-10-11-31(16-20)26(32)9-7-19-15-28-23-5-3-2-4-22(19)23/h2-6,8,12-15,20,28H,7,9-11,16H2,1H3,(H2,27,29)/t20-/m1/s1. The number of H-pyrrole nitrogens is 1. The van der Waals surface area contributed by atoms with Gasteiger partial charge < -0.3 is 15.6 Å². The number of likely N-dealkylation sites (tertiary alicyclic amines) is 1. The van der Waals surface area contributed by atoms with Crippen LogP contribution in [0.5, 0.6) is 0 Å². The Balaban J connectivity index is 1.26. The topological polar surface area (TPSA) is 87.9 Å². The van der Waals surface area contributed by atoms with Gasteiger partial charge in [-0.1, -0.05) is 18.2 Å². The van der Waals surface area contributed by atoms with Crippen molar-refractivity contribution in [1.29, 1.82) is 0 Å². The average Bonchev–Trinajstić information content (AvgIpc) is 3.45. The van der Waals surface area contributed by atoms with Crippen LogP contribution < -0.4 is 5.73 Å². The molecule has 1 aromatic carbocycles. The summed E-state index contributed by atoms with van der Waals surface area (Å²) in [5.74, 6) is 0.984. The van der Waals surface area contributed by atoms with E-state index >= 15 is 0 Å². The Morgan fingerprint density at radius 1 is 1.19 bits per heavy atom. The van der Waals surface area contributed by atoms with Gasteiger partial charge in [-0.2, -0.15) is 0 Å². The normalized spacial score (nSPS) is 16.0. The number of anilines is 1. The summed E-state index contributed by atoms with van der Waals surface area (Å²) in [6.45, 7) is 3.52. The van der Waals surface area contributed by atoms with Crippen molar-refractivity contribution in [3.8, 4) is 11.1 Å². The molecule has 0 saturated carbocycles. The zero-order chi connectivity index (χ0) is 22.1. The molecule has 32 heavy (non-hydrogen) atoms. The Morgan fingerprint density at radius 2 is 2.06 bits per heavy atom. The maximum absolute atomic E-state index is 12.9. The molecular formula is C26H27N5O. The first-order valence-corrected chi connectivity index (χ1v) is 11.1. The predicted octanol–water partition coefficient (Wildman–Crippen LogP) is 4.46. The number of nitrogens with two attached hydrogens (primary N) is 1. The van der Waals surface area contributed by atoms with Crippen molar-refractivity contribution in [1.82, 2.24) is 19.9 Å². The zero-order valence-corrected chi connectivity index (χ0v) is 18.2. The Morgan fingerprint density at radius 3 is 2.91 bits per heavy atom. The lowest BCUT2D eigenvalue weighted by Gasteiger charge is -2.17. The van der Waals surface area contributed by atoms with Crippen molar-refractivity contribution in [2.45, 2.75) is 32.1 Å². The summed E-state index contributed by atoms with van der Waals surface area (Å²) in [6, 6.07) is 16.2. The number of aromatic nitrogens is 3. The third-order valence-corrected chi connectivity index (χ3v) is 6.34. The molecule has 1 fully saturated rings. The summed E-state index contributed by atoms with van der Waals surface area (Å²) >= 11 is 0. The summed E-state index contributed by atoms with van der Waals surface area (Å²) in [5, 5.41) is 1.20. The lowest BCUT2D eigenvalue weighted by atomic mass is 9.99. The highest BCUT2D eigenvalue weighted by atomic mass is 16.2. The molecule has 0 unspecified atom stereocenters.